The summed E-state index contributed by atoms with van der Waals surface area (Å²) >= 11 is 1.37. The summed E-state index contributed by atoms with van der Waals surface area (Å²) in [7, 11) is 0. The molecule has 1 aromatic heterocycles. The molecule has 88 valence electrons. The smallest absolute Gasteiger partial charge is 0.257 e. The zero-order valence-corrected chi connectivity index (χ0v) is 9.75. The average molecular weight is 243 g/mol. The van der Waals surface area contributed by atoms with Crippen molar-refractivity contribution in [1.29, 1.82) is 0 Å². The molecule has 1 aromatic rings. The van der Waals surface area contributed by atoms with E-state index in [-0.39, 0.29) is 5.91 Å². The van der Waals surface area contributed by atoms with Gasteiger partial charge in [-0.1, -0.05) is 18.3 Å². The van der Waals surface area contributed by atoms with E-state index in [0.29, 0.717) is 25.0 Å². The van der Waals surface area contributed by atoms with Gasteiger partial charge in [0.15, 0.2) is 6.10 Å². The quantitative estimate of drug-likeness (QED) is 0.834. The van der Waals surface area contributed by atoms with Gasteiger partial charge in [0.05, 0.1) is 19.8 Å². The molecular weight excluding hydrogens is 230 g/mol. The van der Waals surface area contributed by atoms with Crippen LogP contribution in [0.2, 0.25) is 0 Å². The molecule has 0 unspecified atom stereocenters. The van der Waals surface area contributed by atoms with E-state index in [1.807, 2.05) is 6.92 Å². The van der Waals surface area contributed by atoms with Crippen molar-refractivity contribution in [3.05, 3.63) is 5.01 Å². The number of amides is 1. The molecule has 1 amide bonds. The molecule has 1 aliphatic heterocycles. The second kappa shape index (κ2) is 5.33. The zero-order valence-electron chi connectivity index (χ0n) is 8.93. The van der Waals surface area contributed by atoms with Gasteiger partial charge in [0.25, 0.3) is 5.91 Å². The first-order valence-electron chi connectivity index (χ1n) is 5.12. The molecular formula is C9H13N3O3S. The molecule has 2 heterocycles. The Labute approximate surface area is 97.0 Å². The van der Waals surface area contributed by atoms with Crippen molar-refractivity contribution in [3.63, 3.8) is 0 Å². The van der Waals surface area contributed by atoms with Crippen molar-refractivity contribution < 1.29 is 14.3 Å². The van der Waals surface area contributed by atoms with Crippen LogP contribution in [0.5, 0.6) is 0 Å². The summed E-state index contributed by atoms with van der Waals surface area (Å²) in [6.07, 6.45) is 0.277. The topological polar surface area (TPSA) is 73.3 Å². The molecule has 1 aliphatic rings. The summed E-state index contributed by atoms with van der Waals surface area (Å²) in [5.41, 5.74) is 0. The number of aromatic nitrogens is 2. The fraction of sp³-hybridized carbons (Fsp3) is 0.667. The Morgan fingerprint density at radius 2 is 2.44 bits per heavy atom. The minimum atomic E-state index is -0.539. The second-order valence-corrected chi connectivity index (χ2v) is 4.34. The van der Waals surface area contributed by atoms with E-state index in [1.54, 1.807) is 0 Å². The summed E-state index contributed by atoms with van der Waals surface area (Å²) < 4.78 is 10.4. The Hall–Kier alpha value is -1.05. The SMILES string of the molecule is CCc1nnc(NC(=O)[C@@H]2COCCO2)s1. The van der Waals surface area contributed by atoms with Gasteiger partial charge in [-0.3, -0.25) is 10.1 Å². The monoisotopic (exact) mass is 243 g/mol. The highest BCUT2D eigenvalue weighted by Gasteiger charge is 2.23. The highest BCUT2D eigenvalue weighted by molar-refractivity contribution is 7.15. The van der Waals surface area contributed by atoms with Crippen LogP contribution in [0.25, 0.3) is 0 Å². The lowest BCUT2D eigenvalue weighted by Crippen LogP contribution is -2.39. The van der Waals surface area contributed by atoms with Crippen LogP contribution >= 0.6 is 11.3 Å². The first-order valence-corrected chi connectivity index (χ1v) is 5.94. The summed E-state index contributed by atoms with van der Waals surface area (Å²) in [4.78, 5) is 11.7. The lowest BCUT2D eigenvalue weighted by Gasteiger charge is -2.21. The summed E-state index contributed by atoms with van der Waals surface area (Å²) in [6.45, 7) is 3.28. The molecule has 1 saturated heterocycles. The maximum atomic E-state index is 11.7. The van der Waals surface area contributed by atoms with Crippen molar-refractivity contribution in [2.45, 2.75) is 19.4 Å². The molecule has 0 spiro atoms. The summed E-state index contributed by atoms with van der Waals surface area (Å²) in [5, 5.41) is 11.9. The molecule has 2 rings (SSSR count). The van der Waals surface area contributed by atoms with Gasteiger partial charge in [-0.25, -0.2) is 0 Å². The molecule has 7 heteroatoms. The van der Waals surface area contributed by atoms with E-state index in [1.165, 1.54) is 11.3 Å². The number of ether oxygens (including phenoxy) is 2. The van der Waals surface area contributed by atoms with Crippen molar-refractivity contribution in [2.75, 3.05) is 25.1 Å². The van der Waals surface area contributed by atoms with E-state index in [9.17, 15) is 4.79 Å². The second-order valence-electron chi connectivity index (χ2n) is 3.28. The molecule has 1 fully saturated rings. The number of nitrogens with zero attached hydrogens (tertiary/aromatic N) is 2. The largest absolute Gasteiger partial charge is 0.376 e. The van der Waals surface area contributed by atoms with Gasteiger partial charge in [0, 0.05) is 0 Å². The predicted octanol–water partition coefficient (Wildman–Crippen LogP) is 0.454. The number of hydrogen-bond donors (Lipinski definition) is 1. The average Bonchev–Trinajstić information content (AvgIpc) is 2.78. The molecule has 0 radical (unpaired) electrons. The minimum Gasteiger partial charge on any atom is -0.376 e. The van der Waals surface area contributed by atoms with Gasteiger partial charge >= 0.3 is 0 Å². The zero-order chi connectivity index (χ0) is 11.4. The Balaban J connectivity index is 1.90. The predicted molar refractivity (Wildman–Crippen MR) is 58.5 cm³/mol. The number of anilines is 1. The maximum absolute atomic E-state index is 11.7. The molecule has 0 saturated carbocycles. The first kappa shape index (κ1) is 11.4. The first-order chi connectivity index (χ1) is 7.79. The van der Waals surface area contributed by atoms with Crippen LogP contribution in [-0.4, -0.2) is 42.0 Å². The minimum absolute atomic E-state index is 0.224. The molecule has 6 nitrogen and oxygen atoms in total. The number of aryl methyl sites for hydroxylation is 1. The number of carbonyl (C=O) groups excluding carboxylic acids is 1. The number of hydrogen-bond acceptors (Lipinski definition) is 6. The molecule has 1 atom stereocenters. The fourth-order valence-corrected chi connectivity index (χ4v) is 1.95. The number of nitrogens with one attached hydrogen (secondary N) is 1. The third kappa shape index (κ3) is 2.75. The normalized spacial score (nSPS) is 20.7. The van der Waals surface area contributed by atoms with Crippen LogP contribution < -0.4 is 5.32 Å². The lowest BCUT2D eigenvalue weighted by atomic mass is 10.3. The summed E-state index contributed by atoms with van der Waals surface area (Å²) in [5.74, 6) is -0.224. The van der Waals surface area contributed by atoms with Crippen molar-refractivity contribution in [2.24, 2.45) is 0 Å². The molecule has 16 heavy (non-hydrogen) atoms. The van der Waals surface area contributed by atoms with Crippen LogP contribution in [0.1, 0.15) is 11.9 Å². The van der Waals surface area contributed by atoms with Crippen LogP contribution in [0.15, 0.2) is 0 Å². The number of rotatable bonds is 3. The standard InChI is InChI=1S/C9H13N3O3S/c1-2-7-11-12-9(16-7)10-8(13)6-5-14-3-4-15-6/h6H,2-5H2,1H3,(H,10,12,13)/t6-/m0/s1. The lowest BCUT2D eigenvalue weighted by molar-refractivity contribution is -0.142. The van der Waals surface area contributed by atoms with E-state index in [4.69, 9.17) is 9.47 Å². The van der Waals surface area contributed by atoms with Gasteiger partial charge < -0.3 is 9.47 Å². The van der Waals surface area contributed by atoms with E-state index in [2.05, 4.69) is 15.5 Å². The maximum Gasteiger partial charge on any atom is 0.257 e. The molecule has 0 bridgehead atoms. The van der Waals surface area contributed by atoms with Gasteiger partial charge in [0.2, 0.25) is 5.13 Å². The van der Waals surface area contributed by atoms with Crippen LogP contribution in [0, 0.1) is 0 Å². The highest BCUT2D eigenvalue weighted by atomic mass is 32.1. The highest BCUT2D eigenvalue weighted by Crippen LogP contribution is 2.16. The molecule has 0 aliphatic carbocycles. The van der Waals surface area contributed by atoms with Gasteiger partial charge in [-0.15, -0.1) is 10.2 Å². The van der Waals surface area contributed by atoms with E-state index in [0.717, 1.165) is 11.4 Å². The van der Waals surface area contributed by atoms with Crippen molar-refractivity contribution >= 4 is 22.4 Å². The Morgan fingerprint density at radius 1 is 1.56 bits per heavy atom. The van der Waals surface area contributed by atoms with Gasteiger partial charge in [0.1, 0.15) is 5.01 Å². The van der Waals surface area contributed by atoms with Crippen molar-refractivity contribution in [1.82, 2.24) is 10.2 Å². The van der Waals surface area contributed by atoms with Gasteiger partial charge in [-0.05, 0) is 6.42 Å². The van der Waals surface area contributed by atoms with E-state index >= 15 is 0 Å². The Kier molecular flexibility index (Phi) is 3.81. The van der Waals surface area contributed by atoms with Gasteiger partial charge in [-0.2, -0.15) is 0 Å². The summed E-state index contributed by atoms with van der Waals surface area (Å²) in [6, 6.07) is 0. The number of carbonyl (C=O) groups is 1. The fourth-order valence-electron chi connectivity index (χ4n) is 1.27. The van der Waals surface area contributed by atoms with E-state index < -0.39 is 6.10 Å². The van der Waals surface area contributed by atoms with Crippen LogP contribution in [0.3, 0.4) is 0 Å². The Morgan fingerprint density at radius 3 is 3.06 bits per heavy atom. The Bertz CT molecular complexity index is 363. The molecule has 0 aromatic carbocycles. The van der Waals surface area contributed by atoms with Crippen LogP contribution in [-0.2, 0) is 20.7 Å². The third-order valence-electron chi connectivity index (χ3n) is 2.11. The third-order valence-corrected chi connectivity index (χ3v) is 3.09. The molecule has 1 N–H and O–H groups in total. The van der Waals surface area contributed by atoms with Crippen molar-refractivity contribution in [3.8, 4) is 0 Å². The van der Waals surface area contributed by atoms with Crippen LogP contribution in [0.4, 0.5) is 5.13 Å².